The van der Waals surface area contributed by atoms with Crippen LogP contribution >= 0.6 is 38.5 Å². The Kier molecular flexibility index (Phi) is 9.89. The number of halogens is 2. The minimum Gasteiger partial charge on any atom is -0.394 e. The molecule has 44 heavy (non-hydrogen) atoms. The molecular formula is C29H32BrIN8O5. The lowest BCUT2D eigenvalue weighted by atomic mass is 9.98. The van der Waals surface area contributed by atoms with Crippen LogP contribution in [0.3, 0.4) is 0 Å². The lowest BCUT2D eigenvalue weighted by molar-refractivity contribution is -0.137. The summed E-state index contributed by atoms with van der Waals surface area (Å²) >= 11 is 5.45. The number of nitrogens with zero attached hydrogens (tertiary/aromatic N) is 7. The molecule has 232 valence electrons. The highest BCUT2D eigenvalue weighted by atomic mass is 127. The van der Waals surface area contributed by atoms with Crippen LogP contribution in [0.1, 0.15) is 43.0 Å². The molecule has 4 aromatic heterocycles. The predicted molar refractivity (Wildman–Crippen MR) is 173 cm³/mol. The first-order chi connectivity index (χ1) is 21.0. The summed E-state index contributed by atoms with van der Waals surface area (Å²) in [6, 6.07) is 4.52. The molecule has 5 rings (SSSR count). The van der Waals surface area contributed by atoms with Crippen LogP contribution in [0.25, 0.3) is 22.2 Å². The van der Waals surface area contributed by atoms with Crippen molar-refractivity contribution >= 4 is 67.1 Å². The van der Waals surface area contributed by atoms with Crippen LogP contribution in [-0.2, 0) is 16.1 Å². The van der Waals surface area contributed by atoms with Crippen LogP contribution in [0.4, 0.5) is 5.82 Å². The Morgan fingerprint density at radius 3 is 2.57 bits per heavy atom. The molecule has 0 saturated carbocycles. The molecule has 4 aromatic rings. The van der Waals surface area contributed by atoms with Gasteiger partial charge in [0.25, 0.3) is 0 Å². The molecular weight excluding hydrogens is 747 g/mol. The zero-order chi connectivity index (χ0) is 31.7. The fourth-order valence-corrected chi connectivity index (χ4v) is 6.93. The van der Waals surface area contributed by atoms with Gasteiger partial charge in [0.05, 0.1) is 46.0 Å². The van der Waals surface area contributed by atoms with E-state index in [0.717, 1.165) is 5.56 Å². The number of nitrogens with one attached hydrogen (secondary N) is 1. The van der Waals surface area contributed by atoms with Crippen LogP contribution in [0.15, 0.2) is 41.4 Å². The summed E-state index contributed by atoms with van der Waals surface area (Å²) < 4.78 is 1.59. The molecule has 0 aliphatic carbocycles. The molecule has 1 saturated heterocycles. The van der Waals surface area contributed by atoms with E-state index in [4.69, 9.17) is 0 Å². The summed E-state index contributed by atoms with van der Waals surface area (Å²) in [4.78, 5) is 46.5. The maximum absolute atomic E-state index is 14.0. The number of pyridine rings is 2. The van der Waals surface area contributed by atoms with Gasteiger partial charge in [0.1, 0.15) is 28.8 Å². The van der Waals surface area contributed by atoms with Crippen molar-refractivity contribution in [3.8, 4) is 11.3 Å². The lowest BCUT2D eigenvalue weighted by Gasteiger charge is -2.28. The Bertz CT molecular complexity index is 1680. The van der Waals surface area contributed by atoms with Gasteiger partial charge in [-0.2, -0.15) is 5.10 Å². The van der Waals surface area contributed by atoms with E-state index in [9.17, 15) is 24.9 Å². The van der Waals surface area contributed by atoms with Gasteiger partial charge in [0.15, 0.2) is 0 Å². The number of anilines is 1. The second-order valence-electron chi connectivity index (χ2n) is 10.9. The molecule has 0 radical (unpaired) electrons. The highest BCUT2D eigenvalue weighted by molar-refractivity contribution is 14.1. The van der Waals surface area contributed by atoms with Crippen molar-refractivity contribution in [2.75, 3.05) is 11.9 Å². The van der Waals surface area contributed by atoms with Crippen molar-refractivity contribution in [1.29, 1.82) is 0 Å². The molecule has 2 amide bonds. The van der Waals surface area contributed by atoms with Crippen molar-refractivity contribution in [3.63, 3.8) is 0 Å². The number of hydrogen-bond donors (Lipinski definition) is 4. The third-order valence-electron chi connectivity index (χ3n) is 7.62. The van der Waals surface area contributed by atoms with E-state index in [1.165, 1.54) is 9.58 Å². The zero-order valence-electron chi connectivity index (χ0n) is 24.2. The average molecular weight is 779 g/mol. The van der Waals surface area contributed by atoms with Crippen molar-refractivity contribution < 1.29 is 24.9 Å². The number of amides is 2. The van der Waals surface area contributed by atoms with E-state index in [-0.39, 0.29) is 31.2 Å². The topological polar surface area (TPSA) is 179 Å². The van der Waals surface area contributed by atoms with Crippen LogP contribution in [0.5, 0.6) is 0 Å². The Labute approximate surface area is 275 Å². The number of aliphatic hydroxyl groups is 3. The van der Waals surface area contributed by atoms with E-state index in [1.807, 2.05) is 13.0 Å². The molecule has 0 bridgehead atoms. The first-order valence-electron chi connectivity index (χ1n) is 14.0. The number of fused-ring (bicyclic) bond motifs is 1. The molecule has 2 unspecified atom stereocenters. The Morgan fingerprint density at radius 2 is 1.89 bits per heavy atom. The van der Waals surface area contributed by atoms with Gasteiger partial charge in [-0.1, -0.05) is 28.7 Å². The fraction of sp³-hybridized carbons (Fsp3) is 0.414. The molecule has 1 aliphatic rings. The molecule has 0 spiro atoms. The predicted octanol–water partition coefficient (Wildman–Crippen LogP) is 3.08. The monoisotopic (exact) mass is 778 g/mol. The minimum absolute atomic E-state index is 0.218. The van der Waals surface area contributed by atoms with E-state index in [1.54, 1.807) is 44.6 Å². The Balaban J connectivity index is 1.46. The van der Waals surface area contributed by atoms with Gasteiger partial charge >= 0.3 is 0 Å². The Morgan fingerprint density at radius 1 is 1.16 bits per heavy atom. The normalized spacial score (nSPS) is 19.7. The van der Waals surface area contributed by atoms with E-state index in [0.29, 0.717) is 44.1 Å². The quantitative estimate of drug-likeness (QED) is 0.0855. The molecule has 0 aromatic carbocycles. The largest absolute Gasteiger partial charge is 0.394 e. The minimum atomic E-state index is -0.979. The van der Waals surface area contributed by atoms with Crippen LogP contribution in [-0.4, -0.2) is 84.6 Å². The number of rotatable bonds is 9. The van der Waals surface area contributed by atoms with Crippen LogP contribution in [0, 0.1) is 19.8 Å². The second-order valence-corrected chi connectivity index (χ2v) is 13.0. The Hall–Kier alpha value is -3.12. The summed E-state index contributed by atoms with van der Waals surface area (Å²) in [5.74, 6) is -0.0266. The number of likely N-dealkylation sites (tertiary alicyclic amines) is 1. The zero-order valence-corrected chi connectivity index (χ0v) is 28.0. The highest BCUT2D eigenvalue weighted by Gasteiger charge is 2.46. The van der Waals surface area contributed by atoms with E-state index >= 15 is 0 Å². The van der Waals surface area contributed by atoms with E-state index < -0.39 is 34.8 Å². The maximum Gasteiger partial charge on any atom is 0.248 e. The fourth-order valence-electron chi connectivity index (χ4n) is 5.34. The molecule has 15 heteroatoms. The molecule has 13 nitrogen and oxygen atoms in total. The van der Waals surface area contributed by atoms with Gasteiger partial charge in [-0.15, -0.1) is 0 Å². The second kappa shape index (κ2) is 13.5. The molecule has 5 heterocycles. The first kappa shape index (κ1) is 32.3. The van der Waals surface area contributed by atoms with E-state index in [2.05, 4.69) is 68.9 Å². The number of aliphatic hydroxyl groups excluding tert-OH is 3. The van der Waals surface area contributed by atoms with Gasteiger partial charge in [-0.25, -0.2) is 15.0 Å². The molecule has 1 fully saturated rings. The summed E-state index contributed by atoms with van der Waals surface area (Å²) in [6.45, 7) is 4.57. The number of alkyl halides is 1. The third-order valence-corrected chi connectivity index (χ3v) is 9.68. The average Bonchev–Trinajstić information content (AvgIpc) is 3.52. The van der Waals surface area contributed by atoms with Crippen molar-refractivity contribution in [2.45, 2.75) is 62.5 Å². The molecule has 4 N–H and O–H groups in total. The summed E-state index contributed by atoms with van der Waals surface area (Å²) in [7, 11) is 0. The van der Waals surface area contributed by atoms with Gasteiger partial charge in [-0.3, -0.25) is 19.3 Å². The smallest absolute Gasteiger partial charge is 0.248 e. The molecule has 1 aliphatic heterocycles. The van der Waals surface area contributed by atoms with Crippen LogP contribution in [0.2, 0.25) is 0 Å². The number of carbonyl (C=O) groups excluding carboxylic acids is 2. The van der Waals surface area contributed by atoms with Gasteiger partial charge in [0.2, 0.25) is 11.8 Å². The third kappa shape index (κ3) is 6.75. The number of aromatic nitrogens is 6. The van der Waals surface area contributed by atoms with Gasteiger partial charge < -0.3 is 25.5 Å². The van der Waals surface area contributed by atoms with Gasteiger partial charge in [0, 0.05) is 23.3 Å². The number of hydrogen-bond acceptors (Lipinski definition) is 10. The van der Waals surface area contributed by atoms with Crippen molar-refractivity contribution in [1.82, 2.24) is 34.6 Å². The number of aryl methyl sites for hydroxylation is 2. The standard InChI is InChI=1S/C29H32BrIN8O5/c1-14-4-5-24(30)35-28(14)36-29(44)22-7-17(6-19(42)13-40)27(31)39(22)25(43)12-38-23-11-34-21(18-9-32-16(3)33-10-18)8-20(23)26(37-38)15(2)41/h4-5,8-11,15,17,19,22,27,40-42H,6-7,12-13H2,1-3H3,(H,35,36,44)/t15?,17-,19?,22-,27-/m0/s1. The summed E-state index contributed by atoms with van der Waals surface area (Å²) in [5, 5.41) is 38.2. The van der Waals surface area contributed by atoms with Crippen molar-refractivity contribution in [2.24, 2.45) is 5.92 Å². The summed E-state index contributed by atoms with van der Waals surface area (Å²) in [6.07, 6.45) is 3.53. The maximum atomic E-state index is 14.0. The first-order valence-corrected chi connectivity index (χ1v) is 16.0. The SMILES string of the molecule is Cc1ncc(-c2cc3c(C(C)O)nn(CC(=O)N4[C@H](I)[C@@H](CC(O)CO)C[C@H]4C(=O)Nc4nc(Br)ccc4C)c3cn2)cn1. The highest BCUT2D eigenvalue weighted by Crippen LogP contribution is 2.38. The van der Waals surface area contributed by atoms with Gasteiger partial charge in [-0.05, 0) is 73.2 Å². The van der Waals surface area contributed by atoms with Crippen molar-refractivity contribution in [3.05, 3.63) is 58.5 Å². The molecule has 5 atom stereocenters. The summed E-state index contributed by atoms with van der Waals surface area (Å²) in [5.41, 5.74) is 2.97. The van der Waals surface area contributed by atoms with Crippen LogP contribution < -0.4 is 5.32 Å². The lowest BCUT2D eigenvalue weighted by Crippen LogP contribution is -2.47. The number of carbonyl (C=O) groups is 2.